The van der Waals surface area contributed by atoms with Gasteiger partial charge in [-0.1, -0.05) is 18.2 Å². The highest BCUT2D eigenvalue weighted by Crippen LogP contribution is 2.30. The van der Waals surface area contributed by atoms with Crippen molar-refractivity contribution in [3.63, 3.8) is 0 Å². The number of piperidine rings is 1. The molecule has 1 saturated heterocycles. The molecule has 1 fully saturated rings. The SMILES string of the molecule is O=C(c1cc2ccc(-c3nccc(NC4=CC=C(c5cn[nH]c5)CC4)n3)cc2[nH]1)N1CCCC(c2ccncc2)C1. The lowest BCUT2D eigenvalue weighted by Crippen LogP contribution is -2.39. The Kier molecular flexibility index (Phi) is 6.60. The minimum atomic E-state index is 0.0367. The van der Waals surface area contributed by atoms with Gasteiger partial charge in [0.25, 0.3) is 5.91 Å². The standard InChI is InChI=1S/C32H30N8O/c41-32(40-15-1-2-25(20-40)22-9-12-33-13-10-22)29-16-23-3-4-24(17-28(23)38-29)31-34-14-11-30(39-31)37-27-7-5-21(6-8-27)26-18-35-36-19-26/h3-5,7,9-14,16-19,25,38H,1-2,6,8,15,20H2,(H,35,36)(H,34,37,39). The molecule has 1 aliphatic heterocycles. The third-order valence-corrected chi connectivity index (χ3v) is 7.96. The molecule has 7 rings (SSSR count). The normalized spacial score (nSPS) is 17.3. The second-order valence-electron chi connectivity index (χ2n) is 10.6. The minimum absolute atomic E-state index is 0.0367. The Morgan fingerprint density at radius 2 is 1.93 bits per heavy atom. The predicted molar refractivity (Wildman–Crippen MR) is 159 cm³/mol. The maximum atomic E-state index is 13.5. The zero-order chi connectivity index (χ0) is 27.6. The van der Waals surface area contributed by atoms with E-state index < -0.39 is 0 Å². The molecule has 2 aliphatic rings. The van der Waals surface area contributed by atoms with E-state index in [9.17, 15) is 4.79 Å². The van der Waals surface area contributed by atoms with Crippen molar-refractivity contribution in [3.05, 3.63) is 108 Å². The molecule has 1 aliphatic carbocycles. The summed E-state index contributed by atoms with van der Waals surface area (Å²) in [5, 5.41) is 11.3. The number of H-pyrrole nitrogens is 2. The van der Waals surface area contributed by atoms with Gasteiger partial charge in [0, 0.05) is 71.5 Å². The van der Waals surface area contributed by atoms with Crippen LogP contribution in [0, 0.1) is 0 Å². The van der Waals surface area contributed by atoms with E-state index in [-0.39, 0.29) is 5.91 Å². The van der Waals surface area contributed by atoms with Crippen molar-refractivity contribution >= 4 is 28.2 Å². The summed E-state index contributed by atoms with van der Waals surface area (Å²) in [5.41, 5.74) is 7.12. The number of benzene rings is 1. The van der Waals surface area contributed by atoms with Crippen LogP contribution in [-0.2, 0) is 0 Å². The van der Waals surface area contributed by atoms with Crippen LogP contribution in [0.4, 0.5) is 5.82 Å². The highest BCUT2D eigenvalue weighted by molar-refractivity contribution is 5.98. The van der Waals surface area contributed by atoms with Gasteiger partial charge in [0.2, 0.25) is 0 Å². The van der Waals surface area contributed by atoms with Crippen LogP contribution in [0.1, 0.15) is 53.2 Å². The first-order valence-electron chi connectivity index (χ1n) is 14.0. The van der Waals surface area contributed by atoms with Crippen LogP contribution in [0.2, 0.25) is 0 Å². The van der Waals surface area contributed by atoms with E-state index >= 15 is 0 Å². The summed E-state index contributed by atoms with van der Waals surface area (Å²) in [4.78, 5) is 32.2. The molecule has 204 valence electrons. The fourth-order valence-electron chi connectivity index (χ4n) is 5.76. The molecule has 0 saturated carbocycles. The first-order valence-corrected chi connectivity index (χ1v) is 14.0. The molecule has 0 radical (unpaired) electrons. The maximum absolute atomic E-state index is 13.5. The van der Waals surface area contributed by atoms with Gasteiger partial charge in [-0.2, -0.15) is 5.10 Å². The van der Waals surface area contributed by atoms with Crippen LogP contribution >= 0.6 is 0 Å². The van der Waals surface area contributed by atoms with Gasteiger partial charge in [-0.25, -0.2) is 9.97 Å². The van der Waals surface area contributed by atoms with Gasteiger partial charge in [0.1, 0.15) is 11.5 Å². The second-order valence-corrected chi connectivity index (χ2v) is 10.6. The van der Waals surface area contributed by atoms with Crippen molar-refractivity contribution < 1.29 is 4.79 Å². The maximum Gasteiger partial charge on any atom is 0.270 e. The first kappa shape index (κ1) is 25.0. The van der Waals surface area contributed by atoms with Crippen LogP contribution < -0.4 is 5.32 Å². The Morgan fingerprint density at radius 3 is 2.76 bits per heavy atom. The lowest BCUT2D eigenvalue weighted by molar-refractivity contribution is 0.0702. The summed E-state index contributed by atoms with van der Waals surface area (Å²) in [6.07, 6.45) is 17.3. The molecule has 5 heterocycles. The molecular formula is C32H30N8O. The molecule has 1 amide bonds. The number of carbonyl (C=O) groups excluding carboxylic acids is 1. The van der Waals surface area contributed by atoms with Crippen LogP contribution in [0.25, 0.3) is 27.9 Å². The number of aromatic amines is 2. The van der Waals surface area contributed by atoms with Gasteiger partial charge in [0.15, 0.2) is 5.82 Å². The first-order chi connectivity index (χ1) is 20.2. The van der Waals surface area contributed by atoms with Crippen LogP contribution in [0.3, 0.4) is 0 Å². The molecule has 0 bridgehead atoms. The van der Waals surface area contributed by atoms with Gasteiger partial charge in [0.05, 0.1) is 6.20 Å². The van der Waals surface area contributed by atoms with E-state index in [2.05, 4.69) is 54.8 Å². The summed E-state index contributed by atoms with van der Waals surface area (Å²) >= 11 is 0. The summed E-state index contributed by atoms with van der Waals surface area (Å²) in [6, 6.07) is 14.0. The Morgan fingerprint density at radius 1 is 1.00 bits per heavy atom. The number of nitrogens with zero attached hydrogens (tertiary/aromatic N) is 5. The molecule has 9 nitrogen and oxygen atoms in total. The quantitative estimate of drug-likeness (QED) is 0.245. The molecule has 4 aromatic heterocycles. The largest absolute Gasteiger partial charge is 0.351 e. The van der Waals surface area contributed by atoms with E-state index in [0.717, 1.165) is 65.8 Å². The number of likely N-dealkylation sites (tertiary alicyclic amines) is 1. The molecule has 5 aromatic rings. The smallest absolute Gasteiger partial charge is 0.270 e. The number of hydrogen-bond acceptors (Lipinski definition) is 6. The average molecular weight is 543 g/mol. The Hall–Kier alpha value is -5.05. The molecule has 41 heavy (non-hydrogen) atoms. The summed E-state index contributed by atoms with van der Waals surface area (Å²) in [6.45, 7) is 1.49. The molecule has 3 N–H and O–H groups in total. The predicted octanol–water partition coefficient (Wildman–Crippen LogP) is 5.94. The monoisotopic (exact) mass is 542 g/mol. The van der Waals surface area contributed by atoms with Crippen LogP contribution in [0.5, 0.6) is 0 Å². The van der Waals surface area contributed by atoms with E-state index in [1.165, 1.54) is 11.1 Å². The Labute approximate surface area is 237 Å². The van der Waals surface area contributed by atoms with Crippen molar-refractivity contribution in [1.82, 2.24) is 35.0 Å². The van der Waals surface area contributed by atoms with Crippen LogP contribution in [-0.4, -0.2) is 54.0 Å². The molecule has 1 atom stereocenters. The number of pyridine rings is 1. The number of amides is 1. The average Bonchev–Trinajstić information content (AvgIpc) is 3.72. The lowest BCUT2D eigenvalue weighted by Gasteiger charge is -2.32. The zero-order valence-electron chi connectivity index (χ0n) is 22.5. The molecule has 1 aromatic carbocycles. The third-order valence-electron chi connectivity index (χ3n) is 7.96. The Balaban J connectivity index is 1.07. The van der Waals surface area contributed by atoms with E-state index in [4.69, 9.17) is 4.98 Å². The lowest BCUT2D eigenvalue weighted by atomic mass is 9.91. The second kappa shape index (κ2) is 10.8. The van der Waals surface area contributed by atoms with Gasteiger partial charge >= 0.3 is 0 Å². The molecule has 9 heteroatoms. The molecular weight excluding hydrogens is 512 g/mol. The van der Waals surface area contributed by atoms with Crippen molar-refractivity contribution in [3.8, 4) is 11.4 Å². The number of nitrogens with one attached hydrogen (secondary N) is 3. The summed E-state index contributed by atoms with van der Waals surface area (Å²) < 4.78 is 0. The van der Waals surface area contributed by atoms with Gasteiger partial charge in [-0.3, -0.25) is 14.9 Å². The highest BCUT2D eigenvalue weighted by Gasteiger charge is 2.26. The van der Waals surface area contributed by atoms with Crippen molar-refractivity contribution in [2.24, 2.45) is 0 Å². The fraction of sp³-hybridized carbons (Fsp3) is 0.219. The molecule has 1 unspecified atom stereocenters. The minimum Gasteiger partial charge on any atom is -0.351 e. The Bertz CT molecular complexity index is 1750. The van der Waals surface area contributed by atoms with Crippen molar-refractivity contribution in [2.75, 3.05) is 18.4 Å². The number of aromatic nitrogens is 6. The number of fused-ring (bicyclic) bond motifs is 1. The van der Waals surface area contributed by atoms with Crippen molar-refractivity contribution in [1.29, 1.82) is 0 Å². The van der Waals surface area contributed by atoms with Gasteiger partial charge in [-0.05, 0) is 73.2 Å². The summed E-state index contributed by atoms with van der Waals surface area (Å²) in [7, 11) is 0. The fourth-order valence-corrected chi connectivity index (χ4v) is 5.76. The topological polar surface area (TPSA) is 115 Å². The summed E-state index contributed by atoms with van der Waals surface area (Å²) in [5.74, 6) is 1.75. The van der Waals surface area contributed by atoms with Crippen molar-refractivity contribution in [2.45, 2.75) is 31.6 Å². The number of rotatable bonds is 6. The highest BCUT2D eigenvalue weighted by atomic mass is 16.2. The van der Waals surface area contributed by atoms with Gasteiger partial charge in [-0.15, -0.1) is 0 Å². The number of carbonyl (C=O) groups is 1. The third kappa shape index (κ3) is 5.26. The zero-order valence-corrected chi connectivity index (χ0v) is 22.5. The number of anilines is 1. The van der Waals surface area contributed by atoms with E-state index in [1.807, 2.05) is 60.0 Å². The molecule has 0 spiro atoms. The van der Waals surface area contributed by atoms with Gasteiger partial charge < -0.3 is 15.2 Å². The number of hydrogen-bond donors (Lipinski definition) is 3. The van der Waals surface area contributed by atoms with E-state index in [1.54, 1.807) is 6.20 Å². The number of allylic oxidation sites excluding steroid dienone is 4. The van der Waals surface area contributed by atoms with Crippen LogP contribution in [0.15, 0.2) is 91.3 Å². The van der Waals surface area contributed by atoms with E-state index in [0.29, 0.717) is 24.0 Å².